The number of pyridine rings is 1. The summed E-state index contributed by atoms with van der Waals surface area (Å²) in [6.07, 6.45) is 4.66. The van der Waals surface area contributed by atoms with E-state index in [1.807, 2.05) is 4.40 Å². The molecule has 1 unspecified atom stereocenters. The second-order valence-electron chi connectivity index (χ2n) is 4.88. The van der Waals surface area contributed by atoms with Gasteiger partial charge in [-0.25, -0.2) is 9.78 Å². The number of carboxylic acid groups (broad SMARTS) is 1. The highest BCUT2D eigenvalue weighted by Gasteiger charge is 2.24. The standard InChI is InChI=1S/C13H15N3O2/c1-15-4-2-10(8-15)12-14-7-11-6-9(13(17)18)3-5-16(11)12/h3,5-7,10H,2,4,8H2,1H3,(H,17,18). The lowest BCUT2D eigenvalue weighted by Crippen LogP contribution is -2.14. The van der Waals surface area contributed by atoms with Crippen LogP contribution >= 0.6 is 0 Å². The summed E-state index contributed by atoms with van der Waals surface area (Å²) >= 11 is 0. The van der Waals surface area contributed by atoms with Gasteiger partial charge < -0.3 is 14.4 Å². The van der Waals surface area contributed by atoms with Crippen molar-refractivity contribution in [3.8, 4) is 0 Å². The Morgan fingerprint density at radius 3 is 3.06 bits per heavy atom. The minimum absolute atomic E-state index is 0.303. The molecule has 5 nitrogen and oxygen atoms in total. The molecule has 18 heavy (non-hydrogen) atoms. The van der Waals surface area contributed by atoms with Gasteiger partial charge in [0, 0.05) is 18.7 Å². The number of aromatic carboxylic acids is 1. The van der Waals surface area contributed by atoms with E-state index in [0.717, 1.165) is 30.9 Å². The van der Waals surface area contributed by atoms with Gasteiger partial charge in [0.2, 0.25) is 0 Å². The number of aromatic nitrogens is 2. The van der Waals surface area contributed by atoms with Gasteiger partial charge in [-0.15, -0.1) is 0 Å². The largest absolute Gasteiger partial charge is 0.478 e. The maximum absolute atomic E-state index is 10.9. The molecule has 0 saturated carbocycles. The molecule has 1 saturated heterocycles. The molecule has 0 radical (unpaired) electrons. The molecule has 3 rings (SSSR count). The molecular formula is C13H15N3O2. The maximum atomic E-state index is 10.9. The summed E-state index contributed by atoms with van der Waals surface area (Å²) in [4.78, 5) is 17.7. The normalized spacial score (nSPS) is 20.6. The van der Waals surface area contributed by atoms with Crippen LogP contribution in [-0.2, 0) is 0 Å². The van der Waals surface area contributed by atoms with Crippen molar-refractivity contribution in [3.05, 3.63) is 35.9 Å². The number of hydrogen-bond donors (Lipinski definition) is 1. The number of rotatable bonds is 2. The number of fused-ring (bicyclic) bond motifs is 1. The molecule has 0 spiro atoms. The van der Waals surface area contributed by atoms with Crippen LogP contribution < -0.4 is 0 Å². The second kappa shape index (κ2) is 4.10. The van der Waals surface area contributed by atoms with Gasteiger partial charge in [-0.3, -0.25) is 0 Å². The zero-order valence-electron chi connectivity index (χ0n) is 10.2. The molecule has 1 atom stereocenters. The average Bonchev–Trinajstić information content (AvgIpc) is 2.93. The van der Waals surface area contributed by atoms with Gasteiger partial charge in [0.1, 0.15) is 5.82 Å². The lowest BCUT2D eigenvalue weighted by Gasteiger charge is -2.09. The van der Waals surface area contributed by atoms with Crippen LogP contribution in [0, 0.1) is 0 Å². The molecule has 0 amide bonds. The Balaban J connectivity index is 2.02. The Hall–Kier alpha value is -1.88. The van der Waals surface area contributed by atoms with Gasteiger partial charge in [0.15, 0.2) is 0 Å². The third-order valence-corrected chi connectivity index (χ3v) is 3.56. The average molecular weight is 245 g/mol. The monoisotopic (exact) mass is 245 g/mol. The van der Waals surface area contributed by atoms with E-state index < -0.39 is 5.97 Å². The molecule has 1 fully saturated rings. The van der Waals surface area contributed by atoms with Gasteiger partial charge in [-0.2, -0.15) is 0 Å². The summed E-state index contributed by atoms with van der Waals surface area (Å²) in [5.41, 5.74) is 1.15. The maximum Gasteiger partial charge on any atom is 0.335 e. The predicted octanol–water partition coefficient (Wildman–Crippen LogP) is 1.45. The molecule has 94 valence electrons. The first-order valence-electron chi connectivity index (χ1n) is 6.04. The molecule has 1 aliphatic heterocycles. The number of likely N-dealkylation sites (N-methyl/N-ethyl adjacent to an activating group) is 1. The van der Waals surface area contributed by atoms with Gasteiger partial charge in [0.25, 0.3) is 0 Å². The second-order valence-corrected chi connectivity index (χ2v) is 4.88. The van der Waals surface area contributed by atoms with Crippen molar-refractivity contribution in [3.63, 3.8) is 0 Å². The topological polar surface area (TPSA) is 57.8 Å². The van der Waals surface area contributed by atoms with E-state index in [9.17, 15) is 4.79 Å². The molecule has 0 aliphatic carbocycles. The van der Waals surface area contributed by atoms with Crippen molar-refractivity contribution in [2.45, 2.75) is 12.3 Å². The van der Waals surface area contributed by atoms with Gasteiger partial charge >= 0.3 is 5.97 Å². The SMILES string of the molecule is CN1CCC(c2ncc3cc(C(=O)O)ccn23)C1. The smallest absolute Gasteiger partial charge is 0.335 e. The summed E-state index contributed by atoms with van der Waals surface area (Å²) in [5, 5.41) is 8.96. The minimum atomic E-state index is -0.902. The third-order valence-electron chi connectivity index (χ3n) is 3.56. The van der Waals surface area contributed by atoms with Crippen molar-refractivity contribution in [1.82, 2.24) is 14.3 Å². The first-order valence-corrected chi connectivity index (χ1v) is 6.04. The highest BCUT2D eigenvalue weighted by atomic mass is 16.4. The summed E-state index contributed by atoms with van der Waals surface area (Å²) in [6.45, 7) is 2.10. The number of nitrogens with zero attached hydrogens (tertiary/aromatic N) is 3. The van der Waals surface area contributed by atoms with Crippen LogP contribution in [-0.4, -0.2) is 45.5 Å². The zero-order chi connectivity index (χ0) is 12.7. The zero-order valence-corrected chi connectivity index (χ0v) is 10.2. The van der Waals surface area contributed by atoms with Crippen LogP contribution in [0.2, 0.25) is 0 Å². The lowest BCUT2D eigenvalue weighted by molar-refractivity contribution is 0.0697. The van der Waals surface area contributed by atoms with E-state index in [-0.39, 0.29) is 0 Å². The lowest BCUT2D eigenvalue weighted by atomic mass is 10.1. The van der Waals surface area contributed by atoms with E-state index in [1.165, 1.54) is 0 Å². The quantitative estimate of drug-likeness (QED) is 0.870. The van der Waals surface area contributed by atoms with Crippen LogP contribution in [0.15, 0.2) is 24.5 Å². The summed E-state index contributed by atoms with van der Waals surface area (Å²) in [6, 6.07) is 3.29. The van der Waals surface area contributed by atoms with Crippen molar-refractivity contribution in [1.29, 1.82) is 0 Å². The van der Waals surface area contributed by atoms with E-state index in [1.54, 1.807) is 24.5 Å². The highest BCUT2D eigenvalue weighted by molar-refractivity contribution is 5.88. The Labute approximate surface area is 105 Å². The first-order chi connectivity index (χ1) is 8.65. The van der Waals surface area contributed by atoms with Crippen LogP contribution in [0.5, 0.6) is 0 Å². The van der Waals surface area contributed by atoms with E-state index >= 15 is 0 Å². The van der Waals surface area contributed by atoms with E-state index in [4.69, 9.17) is 5.11 Å². The number of likely N-dealkylation sites (tertiary alicyclic amines) is 1. The Morgan fingerprint density at radius 1 is 1.56 bits per heavy atom. The molecule has 0 bridgehead atoms. The molecule has 2 aromatic heterocycles. The molecule has 0 aromatic carbocycles. The highest BCUT2D eigenvalue weighted by Crippen LogP contribution is 2.26. The van der Waals surface area contributed by atoms with Crippen molar-refractivity contribution in [2.75, 3.05) is 20.1 Å². The molecule has 2 aromatic rings. The molecule has 1 N–H and O–H groups in total. The van der Waals surface area contributed by atoms with Crippen molar-refractivity contribution in [2.24, 2.45) is 0 Å². The van der Waals surface area contributed by atoms with Crippen LogP contribution in [0.1, 0.15) is 28.5 Å². The fourth-order valence-electron chi connectivity index (χ4n) is 2.60. The van der Waals surface area contributed by atoms with Gasteiger partial charge in [-0.05, 0) is 32.1 Å². The number of carboxylic acids is 1. The van der Waals surface area contributed by atoms with Crippen LogP contribution in [0.3, 0.4) is 0 Å². The molecular weight excluding hydrogens is 230 g/mol. The third kappa shape index (κ3) is 1.76. The van der Waals surface area contributed by atoms with Crippen LogP contribution in [0.4, 0.5) is 0 Å². The van der Waals surface area contributed by atoms with Crippen molar-refractivity contribution < 1.29 is 9.90 Å². The molecule has 3 heterocycles. The number of carbonyl (C=O) groups is 1. The Bertz CT molecular complexity index is 605. The van der Waals surface area contributed by atoms with Gasteiger partial charge in [0.05, 0.1) is 17.3 Å². The van der Waals surface area contributed by atoms with Crippen molar-refractivity contribution >= 4 is 11.5 Å². The Morgan fingerprint density at radius 2 is 2.39 bits per heavy atom. The number of hydrogen-bond acceptors (Lipinski definition) is 3. The van der Waals surface area contributed by atoms with Crippen LogP contribution in [0.25, 0.3) is 5.52 Å². The van der Waals surface area contributed by atoms with E-state index in [2.05, 4.69) is 16.9 Å². The Kier molecular flexibility index (Phi) is 2.56. The first kappa shape index (κ1) is 11.2. The fourth-order valence-corrected chi connectivity index (χ4v) is 2.60. The summed E-state index contributed by atoms with van der Waals surface area (Å²) in [5.74, 6) is 0.570. The summed E-state index contributed by atoms with van der Waals surface area (Å²) < 4.78 is 2.00. The predicted molar refractivity (Wildman–Crippen MR) is 67.0 cm³/mol. The number of imidazole rings is 1. The molecule has 5 heteroatoms. The molecule has 1 aliphatic rings. The summed E-state index contributed by atoms with van der Waals surface area (Å²) in [7, 11) is 2.11. The fraction of sp³-hybridized carbons (Fsp3) is 0.385. The van der Waals surface area contributed by atoms with E-state index in [0.29, 0.717) is 11.5 Å². The van der Waals surface area contributed by atoms with Gasteiger partial charge in [-0.1, -0.05) is 0 Å². The minimum Gasteiger partial charge on any atom is -0.478 e.